The summed E-state index contributed by atoms with van der Waals surface area (Å²) in [5.74, 6) is 0.181. The fourth-order valence-electron chi connectivity index (χ4n) is 3.42. The smallest absolute Gasteiger partial charge is 0.387 e. The highest BCUT2D eigenvalue weighted by Crippen LogP contribution is 2.32. The molecular weight excluding hydrogens is 388 g/mol. The van der Waals surface area contributed by atoms with E-state index in [0.29, 0.717) is 17.6 Å². The quantitative estimate of drug-likeness (QED) is 0.580. The topological polar surface area (TPSA) is 38.8 Å². The van der Waals surface area contributed by atoms with E-state index in [1.165, 1.54) is 13.2 Å². The molecule has 0 aliphatic heterocycles. The normalized spacial score (nSPS) is 16.9. The highest BCUT2D eigenvalue weighted by molar-refractivity contribution is 6.14. The molecule has 0 unspecified atom stereocenters. The fourth-order valence-corrected chi connectivity index (χ4v) is 3.42. The van der Waals surface area contributed by atoms with Crippen molar-refractivity contribution >= 4 is 23.6 Å². The minimum absolute atomic E-state index is 0.0183. The van der Waals surface area contributed by atoms with E-state index >= 15 is 0 Å². The molecule has 0 radical (unpaired) electrons. The number of anilines is 1. The van der Waals surface area contributed by atoms with Crippen LogP contribution in [0.1, 0.15) is 30.4 Å². The molecule has 0 heterocycles. The maximum absolute atomic E-state index is 13.0. The van der Waals surface area contributed by atoms with Crippen molar-refractivity contribution in [3.8, 4) is 11.5 Å². The SMILES string of the molecule is COc1cc(/C=C2/CCC/C(=C/c3ccc(N(C)C)cc3)C2=O)ccc1OC(F)F. The van der Waals surface area contributed by atoms with E-state index in [1.54, 1.807) is 18.2 Å². The van der Waals surface area contributed by atoms with Gasteiger partial charge in [-0.3, -0.25) is 4.79 Å². The van der Waals surface area contributed by atoms with E-state index < -0.39 is 6.61 Å². The predicted molar refractivity (Wildman–Crippen MR) is 115 cm³/mol. The first-order chi connectivity index (χ1) is 14.4. The number of benzene rings is 2. The van der Waals surface area contributed by atoms with Gasteiger partial charge in [0.05, 0.1) is 7.11 Å². The maximum Gasteiger partial charge on any atom is 0.387 e. The molecule has 2 aromatic carbocycles. The number of allylic oxidation sites excluding steroid dienone is 2. The van der Waals surface area contributed by atoms with E-state index in [9.17, 15) is 13.6 Å². The molecule has 0 aromatic heterocycles. The number of halogens is 2. The Kier molecular flexibility index (Phi) is 6.87. The lowest BCUT2D eigenvalue weighted by atomic mass is 9.87. The van der Waals surface area contributed by atoms with Crippen molar-refractivity contribution < 1.29 is 23.0 Å². The Balaban J connectivity index is 1.83. The van der Waals surface area contributed by atoms with E-state index in [-0.39, 0.29) is 17.3 Å². The van der Waals surface area contributed by atoms with Gasteiger partial charge in [0.1, 0.15) is 0 Å². The Hall–Kier alpha value is -3.15. The van der Waals surface area contributed by atoms with Gasteiger partial charge < -0.3 is 14.4 Å². The van der Waals surface area contributed by atoms with Gasteiger partial charge in [-0.05, 0) is 66.8 Å². The van der Waals surface area contributed by atoms with Crippen molar-refractivity contribution in [3.63, 3.8) is 0 Å². The van der Waals surface area contributed by atoms with Crippen LogP contribution in [-0.2, 0) is 4.79 Å². The lowest BCUT2D eigenvalue weighted by Crippen LogP contribution is -2.12. The molecule has 2 aromatic rings. The van der Waals surface area contributed by atoms with Crippen LogP contribution in [0.2, 0.25) is 0 Å². The van der Waals surface area contributed by atoms with Crippen molar-refractivity contribution in [2.24, 2.45) is 0 Å². The average molecular weight is 413 g/mol. The number of ketones is 1. The number of carbonyl (C=O) groups is 1. The van der Waals surface area contributed by atoms with Crippen LogP contribution in [0.3, 0.4) is 0 Å². The number of Topliss-reactive ketones (excluding diaryl/α,β-unsaturated/α-hetero) is 1. The van der Waals surface area contributed by atoms with Gasteiger partial charge in [-0.2, -0.15) is 8.78 Å². The first-order valence-corrected chi connectivity index (χ1v) is 9.73. The Morgan fingerprint density at radius 3 is 2.10 bits per heavy atom. The summed E-state index contributed by atoms with van der Waals surface area (Å²) < 4.78 is 34.6. The summed E-state index contributed by atoms with van der Waals surface area (Å²) in [6.07, 6.45) is 6.01. The third-order valence-corrected chi connectivity index (χ3v) is 4.97. The van der Waals surface area contributed by atoms with Crippen molar-refractivity contribution in [1.29, 1.82) is 0 Å². The monoisotopic (exact) mass is 413 g/mol. The molecule has 0 atom stereocenters. The second kappa shape index (κ2) is 9.57. The Morgan fingerprint density at radius 2 is 1.53 bits per heavy atom. The molecular formula is C24H25F2NO3. The fraction of sp³-hybridized carbons (Fsp3) is 0.292. The average Bonchev–Trinajstić information content (AvgIpc) is 2.72. The minimum atomic E-state index is -2.93. The van der Waals surface area contributed by atoms with Crippen molar-refractivity contribution in [2.45, 2.75) is 25.9 Å². The van der Waals surface area contributed by atoms with Crippen molar-refractivity contribution in [2.75, 3.05) is 26.1 Å². The van der Waals surface area contributed by atoms with Crippen LogP contribution in [-0.4, -0.2) is 33.6 Å². The lowest BCUT2D eigenvalue weighted by molar-refractivity contribution is -0.112. The minimum Gasteiger partial charge on any atom is -0.493 e. The summed E-state index contributed by atoms with van der Waals surface area (Å²) >= 11 is 0. The number of nitrogens with zero attached hydrogens (tertiary/aromatic N) is 1. The van der Waals surface area contributed by atoms with Gasteiger partial charge >= 0.3 is 6.61 Å². The number of ether oxygens (including phenoxy) is 2. The summed E-state index contributed by atoms with van der Waals surface area (Å²) in [5.41, 5.74) is 4.26. The Labute approximate surface area is 175 Å². The van der Waals surface area contributed by atoms with E-state index in [1.807, 2.05) is 49.3 Å². The van der Waals surface area contributed by atoms with Crippen LogP contribution in [0.15, 0.2) is 53.6 Å². The number of hydrogen-bond donors (Lipinski definition) is 0. The van der Waals surface area contributed by atoms with E-state index in [4.69, 9.17) is 4.74 Å². The molecule has 6 heteroatoms. The van der Waals surface area contributed by atoms with Gasteiger partial charge in [-0.25, -0.2) is 0 Å². The molecule has 1 fully saturated rings. The van der Waals surface area contributed by atoms with Gasteiger partial charge in [0.25, 0.3) is 0 Å². The predicted octanol–water partition coefficient (Wildman–Crippen LogP) is 5.58. The third-order valence-electron chi connectivity index (χ3n) is 4.97. The number of methoxy groups -OCH3 is 1. The van der Waals surface area contributed by atoms with Crippen molar-refractivity contribution in [3.05, 3.63) is 64.7 Å². The number of alkyl halides is 2. The van der Waals surface area contributed by atoms with Gasteiger partial charge in [0, 0.05) is 30.9 Å². The van der Waals surface area contributed by atoms with Crippen LogP contribution in [0, 0.1) is 0 Å². The Bertz CT molecular complexity index is 963. The van der Waals surface area contributed by atoms with Gasteiger partial charge in [-0.15, -0.1) is 0 Å². The van der Waals surface area contributed by atoms with E-state index in [2.05, 4.69) is 4.74 Å². The summed E-state index contributed by atoms with van der Waals surface area (Å²) in [6.45, 7) is -2.93. The zero-order valence-electron chi connectivity index (χ0n) is 17.3. The molecule has 0 bridgehead atoms. The van der Waals surface area contributed by atoms with Crippen LogP contribution in [0.25, 0.3) is 12.2 Å². The van der Waals surface area contributed by atoms with Crippen LogP contribution >= 0.6 is 0 Å². The van der Waals surface area contributed by atoms with Gasteiger partial charge in [-0.1, -0.05) is 18.2 Å². The van der Waals surface area contributed by atoms with Crippen LogP contribution in [0.4, 0.5) is 14.5 Å². The van der Waals surface area contributed by atoms with Crippen LogP contribution in [0.5, 0.6) is 11.5 Å². The number of hydrogen-bond acceptors (Lipinski definition) is 4. The zero-order valence-corrected chi connectivity index (χ0v) is 17.3. The molecule has 158 valence electrons. The summed E-state index contributed by atoms with van der Waals surface area (Å²) in [4.78, 5) is 15.0. The molecule has 1 saturated carbocycles. The summed E-state index contributed by atoms with van der Waals surface area (Å²) in [7, 11) is 5.35. The molecule has 0 spiro atoms. The molecule has 1 aliphatic carbocycles. The number of carbonyl (C=O) groups excluding carboxylic acids is 1. The molecule has 30 heavy (non-hydrogen) atoms. The second-order valence-corrected chi connectivity index (χ2v) is 7.30. The molecule has 0 saturated heterocycles. The first kappa shape index (κ1) is 21.6. The zero-order chi connectivity index (χ0) is 21.7. The van der Waals surface area contributed by atoms with Gasteiger partial charge in [0.15, 0.2) is 17.3 Å². The number of rotatable bonds is 6. The first-order valence-electron chi connectivity index (χ1n) is 9.73. The Morgan fingerprint density at radius 1 is 0.933 bits per heavy atom. The molecule has 3 rings (SSSR count). The molecule has 0 amide bonds. The largest absolute Gasteiger partial charge is 0.493 e. The highest BCUT2D eigenvalue weighted by Gasteiger charge is 2.21. The second-order valence-electron chi connectivity index (χ2n) is 7.30. The summed E-state index contributed by atoms with van der Waals surface area (Å²) in [6, 6.07) is 12.7. The standard InChI is InChI=1S/C24H25F2NO3/c1-27(2)20-10-7-16(8-11-20)13-18-5-4-6-19(23(18)28)14-17-9-12-21(30-24(25)26)22(15-17)29-3/h7-15,24H,4-6H2,1-3H3/b18-13-,19-14-. The molecule has 4 nitrogen and oxygen atoms in total. The molecule has 0 N–H and O–H groups in total. The van der Waals surface area contributed by atoms with E-state index in [0.717, 1.165) is 29.7 Å². The lowest BCUT2D eigenvalue weighted by Gasteiger charge is -2.17. The summed E-state index contributed by atoms with van der Waals surface area (Å²) in [5, 5.41) is 0. The molecule has 1 aliphatic rings. The van der Waals surface area contributed by atoms with Gasteiger partial charge in [0.2, 0.25) is 0 Å². The third kappa shape index (κ3) is 5.26. The highest BCUT2D eigenvalue weighted by atomic mass is 19.3. The maximum atomic E-state index is 13.0. The van der Waals surface area contributed by atoms with Crippen molar-refractivity contribution in [1.82, 2.24) is 0 Å². The van der Waals surface area contributed by atoms with Crippen LogP contribution < -0.4 is 14.4 Å².